The zero-order valence-electron chi connectivity index (χ0n) is 9.50. The van der Waals surface area contributed by atoms with E-state index >= 15 is 0 Å². The lowest BCUT2D eigenvalue weighted by molar-refractivity contribution is 0.629. The minimum atomic E-state index is 0.478. The molecule has 0 saturated carbocycles. The van der Waals surface area contributed by atoms with Crippen LogP contribution < -0.4 is 10.6 Å². The van der Waals surface area contributed by atoms with E-state index in [1.165, 1.54) is 17.5 Å². The van der Waals surface area contributed by atoms with Crippen LogP contribution in [0.5, 0.6) is 0 Å². The quantitative estimate of drug-likeness (QED) is 0.764. The van der Waals surface area contributed by atoms with Crippen molar-refractivity contribution in [2.24, 2.45) is 0 Å². The van der Waals surface area contributed by atoms with Crippen molar-refractivity contribution in [2.45, 2.75) is 25.3 Å². The molecule has 7 nitrogen and oxygen atoms in total. The lowest BCUT2D eigenvalue weighted by Crippen LogP contribution is -2.22. The first kappa shape index (κ1) is 10.4. The number of nitrogens with zero attached hydrogens (tertiary/aromatic N) is 5. The fraction of sp³-hybridized carbons (Fsp3) is 0.600. The Bertz CT molecular complexity index is 486. The van der Waals surface area contributed by atoms with Crippen molar-refractivity contribution in [2.75, 3.05) is 18.4 Å². The summed E-state index contributed by atoms with van der Waals surface area (Å²) in [5.41, 5.74) is 0.665. The van der Waals surface area contributed by atoms with Gasteiger partial charge >= 0.3 is 0 Å². The van der Waals surface area contributed by atoms with Gasteiger partial charge in [-0.15, -0.1) is 14.8 Å². The summed E-state index contributed by atoms with van der Waals surface area (Å²) < 4.78 is 1.44. The molecular formula is C10H15N7. The molecule has 0 radical (unpaired) electrons. The maximum Gasteiger partial charge on any atom is 0.200 e. The predicted octanol–water partition coefficient (Wildman–Crippen LogP) is 0.0733. The third-order valence-corrected chi connectivity index (χ3v) is 3.00. The smallest absolute Gasteiger partial charge is 0.200 e. The molecule has 3 heterocycles. The molecule has 1 aliphatic heterocycles. The van der Waals surface area contributed by atoms with Crippen LogP contribution in [0.25, 0.3) is 5.65 Å². The summed E-state index contributed by atoms with van der Waals surface area (Å²) in [5, 5.41) is 22.3. The van der Waals surface area contributed by atoms with Crippen LogP contribution in [0.1, 0.15) is 19.3 Å². The SMILES string of the molecule is c1cc2nnnn2nc1NC1CCCNCC1. The molecule has 3 rings (SSSR count). The monoisotopic (exact) mass is 233 g/mol. The highest BCUT2D eigenvalue weighted by Gasteiger charge is 2.12. The van der Waals surface area contributed by atoms with Crippen LogP contribution in [-0.4, -0.2) is 44.4 Å². The first-order valence-electron chi connectivity index (χ1n) is 5.94. The second-order valence-corrected chi connectivity index (χ2v) is 4.27. The lowest BCUT2D eigenvalue weighted by Gasteiger charge is -2.15. The van der Waals surface area contributed by atoms with E-state index in [1.807, 2.05) is 12.1 Å². The predicted molar refractivity (Wildman–Crippen MR) is 62.7 cm³/mol. The van der Waals surface area contributed by atoms with Gasteiger partial charge in [-0.3, -0.25) is 0 Å². The summed E-state index contributed by atoms with van der Waals surface area (Å²) >= 11 is 0. The third-order valence-electron chi connectivity index (χ3n) is 3.00. The van der Waals surface area contributed by atoms with Gasteiger partial charge < -0.3 is 10.6 Å². The highest BCUT2D eigenvalue weighted by atomic mass is 15.6. The van der Waals surface area contributed by atoms with Crippen LogP contribution >= 0.6 is 0 Å². The average molecular weight is 233 g/mol. The van der Waals surface area contributed by atoms with Gasteiger partial charge in [0.15, 0.2) is 5.65 Å². The maximum atomic E-state index is 4.31. The number of hydrogen-bond acceptors (Lipinski definition) is 6. The van der Waals surface area contributed by atoms with Crippen LogP contribution in [0.2, 0.25) is 0 Å². The minimum absolute atomic E-state index is 0.478. The van der Waals surface area contributed by atoms with E-state index in [0.29, 0.717) is 11.7 Å². The number of hydrogen-bond donors (Lipinski definition) is 2. The summed E-state index contributed by atoms with van der Waals surface area (Å²) in [6, 6.07) is 4.26. The molecule has 0 amide bonds. The van der Waals surface area contributed by atoms with E-state index < -0.39 is 0 Å². The molecule has 0 aromatic carbocycles. The highest BCUT2D eigenvalue weighted by molar-refractivity contribution is 5.42. The van der Waals surface area contributed by atoms with E-state index in [1.54, 1.807) is 0 Å². The summed E-state index contributed by atoms with van der Waals surface area (Å²) in [4.78, 5) is 0. The van der Waals surface area contributed by atoms with Gasteiger partial charge in [0, 0.05) is 6.04 Å². The molecule has 1 saturated heterocycles. The first-order chi connectivity index (χ1) is 8.42. The third kappa shape index (κ3) is 2.33. The van der Waals surface area contributed by atoms with E-state index in [0.717, 1.165) is 25.3 Å². The number of aromatic nitrogens is 5. The standard InChI is InChI=1S/C10H15N7/c1-2-8(5-7-11-6-1)12-9-3-4-10-13-15-16-17(10)14-9/h3-4,8,11H,1-2,5-7H2,(H,12,14). The van der Waals surface area contributed by atoms with Gasteiger partial charge in [0.25, 0.3) is 0 Å². The van der Waals surface area contributed by atoms with Gasteiger partial charge in [0.05, 0.1) is 0 Å². The lowest BCUT2D eigenvalue weighted by atomic mass is 10.1. The number of rotatable bonds is 2. The van der Waals surface area contributed by atoms with Crippen molar-refractivity contribution < 1.29 is 0 Å². The Morgan fingerprint density at radius 3 is 3.29 bits per heavy atom. The van der Waals surface area contributed by atoms with Gasteiger partial charge in [-0.2, -0.15) is 0 Å². The summed E-state index contributed by atoms with van der Waals surface area (Å²) in [6.45, 7) is 2.17. The number of fused-ring (bicyclic) bond motifs is 1. The van der Waals surface area contributed by atoms with Crippen molar-refractivity contribution >= 4 is 11.5 Å². The molecule has 7 heteroatoms. The van der Waals surface area contributed by atoms with Crippen molar-refractivity contribution in [1.29, 1.82) is 0 Å². The van der Waals surface area contributed by atoms with Crippen molar-refractivity contribution in [3.8, 4) is 0 Å². The van der Waals surface area contributed by atoms with Gasteiger partial charge in [0.1, 0.15) is 5.82 Å². The second kappa shape index (κ2) is 4.62. The second-order valence-electron chi connectivity index (χ2n) is 4.27. The van der Waals surface area contributed by atoms with E-state index in [2.05, 4.69) is 31.3 Å². The normalized spacial score (nSPS) is 21.3. The molecule has 1 unspecified atom stereocenters. The Kier molecular flexibility index (Phi) is 2.83. The minimum Gasteiger partial charge on any atom is -0.366 e. The van der Waals surface area contributed by atoms with E-state index in [9.17, 15) is 0 Å². The van der Waals surface area contributed by atoms with E-state index in [4.69, 9.17) is 0 Å². The molecule has 17 heavy (non-hydrogen) atoms. The first-order valence-corrected chi connectivity index (χ1v) is 5.94. The Morgan fingerprint density at radius 1 is 1.29 bits per heavy atom. The van der Waals surface area contributed by atoms with Gasteiger partial charge in [-0.25, -0.2) is 0 Å². The van der Waals surface area contributed by atoms with Crippen LogP contribution in [0.15, 0.2) is 12.1 Å². The van der Waals surface area contributed by atoms with Crippen LogP contribution in [0.4, 0.5) is 5.82 Å². The van der Waals surface area contributed by atoms with Crippen molar-refractivity contribution in [1.82, 2.24) is 30.6 Å². The molecule has 0 bridgehead atoms. The molecule has 1 aliphatic rings. The zero-order chi connectivity index (χ0) is 11.5. The highest BCUT2D eigenvalue weighted by Crippen LogP contribution is 2.12. The Morgan fingerprint density at radius 2 is 2.29 bits per heavy atom. The molecule has 2 aromatic heterocycles. The molecule has 90 valence electrons. The van der Waals surface area contributed by atoms with E-state index in [-0.39, 0.29) is 0 Å². The largest absolute Gasteiger partial charge is 0.366 e. The molecule has 0 aliphatic carbocycles. The zero-order valence-corrected chi connectivity index (χ0v) is 9.50. The van der Waals surface area contributed by atoms with Crippen molar-refractivity contribution in [3.63, 3.8) is 0 Å². The van der Waals surface area contributed by atoms with Crippen molar-refractivity contribution in [3.05, 3.63) is 12.1 Å². The Balaban J connectivity index is 1.74. The molecule has 1 fully saturated rings. The fourth-order valence-corrected chi connectivity index (χ4v) is 2.10. The molecular weight excluding hydrogens is 218 g/mol. The topological polar surface area (TPSA) is 80.0 Å². The Labute approximate surface area is 98.6 Å². The molecule has 0 spiro atoms. The fourth-order valence-electron chi connectivity index (χ4n) is 2.10. The summed E-state index contributed by atoms with van der Waals surface area (Å²) in [6.07, 6.45) is 3.49. The van der Waals surface area contributed by atoms with Gasteiger partial charge in [0.2, 0.25) is 0 Å². The van der Waals surface area contributed by atoms with Gasteiger partial charge in [-0.1, -0.05) is 0 Å². The molecule has 2 N–H and O–H groups in total. The van der Waals surface area contributed by atoms with Crippen LogP contribution in [-0.2, 0) is 0 Å². The average Bonchev–Trinajstić information content (AvgIpc) is 2.65. The summed E-state index contributed by atoms with van der Waals surface area (Å²) in [5.74, 6) is 0.830. The number of nitrogens with one attached hydrogen (secondary N) is 2. The van der Waals surface area contributed by atoms with Crippen LogP contribution in [0, 0.1) is 0 Å². The molecule has 2 aromatic rings. The van der Waals surface area contributed by atoms with Gasteiger partial charge in [-0.05, 0) is 54.9 Å². The van der Waals surface area contributed by atoms with Crippen LogP contribution in [0.3, 0.4) is 0 Å². The number of tetrazole rings is 1. The maximum absolute atomic E-state index is 4.31. The summed E-state index contributed by atoms with van der Waals surface area (Å²) in [7, 11) is 0. The molecule has 1 atom stereocenters. The number of anilines is 1. The Hall–Kier alpha value is -1.76.